The fourth-order valence-corrected chi connectivity index (χ4v) is 2.65. The minimum absolute atomic E-state index is 0.281. The van der Waals surface area contributed by atoms with Crippen LogP contribution in [0.2, 0.25) is 0 Å². The van der Waals surface area contributed by atoms with Gasteiger partial charge in [0.25, 0.3) is 0 Å². The third-order valence-corrected chi connectivity index (χ3v) is 3.55. The minimum Gasteiger partial charge on any atom is -0.489 e. The highest BCUT2D eigenvalue weighted by Crippen LogP contribution is 2.15. The molecule has 0 atom stereocenters. The predicted molar refractivity (Wildman–Crippen MR) is 65.7 cm³/mol. The topological polar surface area (TPSA) is 12.5 Å². The summed E-state index contributed by atoms with van der Waals surface area (Å²) in [5.41, 5.74) is 0. The Labute approximate surface area is 99.8 Å². The van der Waals surface area contributed by atoms with Crippen LogP contribution in [0.1, 0.15) is 0 Å². The number of hydrogen-bond acceptors (Lipinski definition) is 3. The second-order valence-corrected chi connectivity index (χ2v) is 4.96. The van der Waals surface area contributed by atoms with Gasteiger partial charge >= 0.3 is 0 Å². The van der Waals surface area contributed by atoms with Gasteiger partial charge in [0.05, 0.1) is 0 Å². The molecule has 0 unspecified atom stereocenters. The lowest BCUT2D eigenvalue weighted by molar-refractivity contribution is 0.217. The molecule has 1 saturated heterocycles. The number of para-hydroxylation sites is 1. The molecule has 0 aliphatic carbocycles. The van der Waals surface area contributed by atoms with Gasteiger partial charge in [-0.1, -0.05) is 12.1 Å². The van der Waals surface area contributed by atoms with Crippen LogP contribution in [0.4, 0.5) is 4.39 Å². The van der Waals surface area contributed by atoms with E-state index in [1.54, 1.807) is 18.2 Å². The zero-order valence-electron chi connectivity index (χ0n) is 9.19. The number of benzene rings is 1. The van der Waals surface area contributed by atoms with Crippen molar-refractivity contribution in [3.05, 3.63) is 30.1 Å². The largest absolute Gasteiger partial charge is 0.489 e. The Morgan fingerprint density at radius 3 is 2.75 bits per heavy atom. The van der Waals surface area contributed by atoms with E-state index in [4.69, 9.17) is 4.74 Å². The van der Waals surface area contributed by atoms with Gasteiger partial charge in [-0.15, -0.1) is 0 Å². The number of ether oxygens (including phenoxy) is 1. The summed E-state index contributed by atoms with van der Waals surface area (Å²) < 4.78 is 18.6. The molecule has 0 N–H and O–H groups in total. The lowest BCUT2D eigenvalue weighted by Crippen LogP contribution is -2.35. The lowest BCUT2D eigenvalue weighted by atomic mass is 10.3. The van der Waals surface area contributed by atoms with Crippen LogP contribution in [0, 0.1) is 5.82 Å². The Morgan fingerprint density at radius 1 is 1.25 bits per heavy atom. The monoisotopic (exact) mass is 241 g/mol. The molecule has 0 bridgehead atoms. The van der Waals surface area contributed by atoms with Crippen molar-refractivity contribution in [3.63, 3.8) is 0 Å². The Hall–Kier alpha value is -0.740. The molecule has 0 amide bonds. The highest BCUT2D eigenvalue weighted by atomic mass is 32.2. The molecule has 2 nitrogen and oxygen atoms in total. The minimum atomic E-state index is -0.281. The average molecular weight is 241 g/mol. The molecule has 1 aromatic carbocycles. The first-order valence-corrected chi connectivity index (χ1v) is 6.69. The third-order valence-electron chi connectivity index (χ3n) is 2.61. The summed E-state index contributed by atoms with van der Waals surface area (Å²) in [6.45, 7) is 3.68. The first kappa shape index (κ1) is 11.7. The van der Waals surface area contributed by atoms with Gasteiger partial charge in [0, 0.05) is 31.1 Å². The van der Waals surface area contributed by atoms with E-state index in [0.29, 0.717) is 12.4 Å². The summed E-state index contributed by atoms with van der Waals surface area (Å²) in [6.07, 6.45) is 0. The highest BCUT2D eigenvalue weighted by Gasteiger charge is 2.10. The van der Waals surface area contributed by atoms with E-state index in [1.165, 1.54) is 17.6 Å². The quantitative estimate of drug-likeness (QED) is 0.802. The van der Waals surface area contributed by atoms with Crippen LogP contribution in [-0.4, -0.2) is 42.6 Å². The van der Waals surface area contributed by atoms with Crippen molar-refractivity contribution in [2.24, 2.45) is 0 Å². The molecular formula is C12H16FNOS. The average Bonchev–Trinajstić information content (AvgIpc) is 2.33. The van der Waals surface area contributed by atoms with Crippen molar-refractivity contribution in [2.45, 2.75) is 0 Å². The van der Waals surface area contributed by atoms with Crippen molar-refractivity contribution < 1.29 is 9.13 Å². The summed E-state index contributed by atoms with van der Waals surface area (Å²) in [5, 5.41) is 0. The van der Waals surface area contributed by atoms with Gasteiger partial charge in [0.15, 0.2) is 11.6 Å². The van der Waals surface area contributed by atoms with E-state index < -0.39 is 0 Å². The van der Waals surface area contributed by atoms with Crippen LogP contribution in [0.15, 0.2) is 24.3 Å². The first-order valence-electron chi connectivity index (χ1n) is 5.54. The molecule has 2 rings (SSSR count). The second kappa shape index (κ2) is 6.11. The lowest BCUT2D eigenvalue weighted by Gasteiger charge is -2.25. The number of nitrogens with zero attached hydrogens (tertiary/aromatic N) is 1. The van der Waals surface area contributed by atoms with Crippen molar-refractivity contribution in [2.75, 3.05) is 37.7 Å². The van der Waals surface area contributed by atoms with E-state index in [9.17, 15) is 4.39 Å². The molecule has 0 radical (unpaired) electrons. The molecular weight excluding hydrogens is 225 g/mol. The molecule has 1 aliphatic rings. The van der Waals surface area contributed by atoms with E-state index in [0.717, 1.165) is 19.6 Å². The SMILES string of the molecule is Fc1ccccc1OCCN1CCSCC1. The van der Waals surface area contributed by atoms with Crippen molar-refractivity contribution in [1.82, 2.24) is 4.90 Å². The molecule has 0 saturated carbocycles. The maximum Gasteiger partial charge on any atom is 0.165 e. The second-order valence-electron chi connectivity index (χ2n) is 3.73. The molecule has 0 spiro atoms. The van der Waals surface area contributed by atoms with Crippen molar-refractivity contribution >= 4 is 11.8 Å². The Balaban J connectivity index is 1.73. The number of thioether (sulfide) groups is 1. The fourth-order valence-electron chi connectivity index (χ4n) is 1.67. The van der Waals surface area contributed by atoms with Crippen molar-refractivity contribution in [3.8, 4) is 5.75 Å². The molecule has 1 aliphatic heterocycles. The molecule has 1 heterocycles. The Morgan fingerprint density at radius 2 is 2.00 bits per heavy atom. The van der Waals surface area contributed by atoms with E-state index in [1.807, 2.05) is 11.8 Å². The van der Waals surface area contributed by atoms with E-state index in [2.05, 4.69) is 4.90 Å². The number of halogens is 1. The van der Waals surface area contributed by atoms with Crippen LogP contribution in [-0.2, 0) is 0 Å². The van der Waals surface area contributed by atoms with Crippen LogP contribution in [0.5, 0.6) is 5.75 Å². The maximum atomic E-state index is 13.2. The van der Waals surface area contributed by atoms with Crippen LogP contribution in [0.3, 0.4) is 0 Å². The van der Waals surface area contributed by atoms with E-state index >= 15 is 0 Å². The normalized spacial score (nSPS) is 17.3. The van der Waals surface area contributed by atoms with Gasteiger partial charge in [-0.3, -0.25) is 4.90 Å². The van der Waals surface area contributed by atoms with Gasteiger partial charge < -0.3 is 4.74 Å². The summed E-state index contributed by atoms with van der Waals surface area (Å²) in [7, 11) is 0. The summed E-state index contributed by atoms with van der Waals surface area (Å²) >= 11 is 1.99. The van der Waals surface area contributed by atoms with Crippen LogP contribution >= 0.6 is 11.8 Å². The van der Waals surface area contributed by atoms with Gasteiger partial charge in [-0.2, -0.15) is 11.8 Å². The smallest absolute Gasteiger partial charge is 0.165 e. The Kier molecular flexibility index (Phi) is 4.48. The summed E-state index contributed by atoms with van der Waals surface area (Å²) in [4.78, 5) is 2.36. The molecule has 88 valence electrons. The molecule has 4 heteroatoms. The van der Waals surface area contributed by atoms with Gasteiger partial charge in [-0.05, 0) is 12.1 Å². The zero-order valence-corrected chi connectivity index (χ0v) is 10.0. The fraction of sp³-hybridized carbons (Fsp3) is 0.500. The van der Waals surface area contributed by atoms with Crippen molar-refractivity contribution in [1.29, 1.82) is 0 Å². The maximum absolute atomic E-state index is 13.2. The summed E-state index contributed by atoms with van der Waals surface area (Å²) in [6, 6.07) is 6.55. The zero-order chi connectivity index (χ0) is 11.2. The Bertz CT molecular complexity index is 329. The van der Waals surface area contributed by atoms with Crippen LogP contribution < -0.4 is 4.74 Å². The summed E-state index contributed by atoms with van der Waals surface area (Å²) in [5.74, 6) is 2.46. The van der Waals surface area contributed by atoms with E-state index in [-0.39, 0.29) is 5.82 Å². The molecule has 16 heavy (non-hydrogen) atoms. The van der Waals surface area contributed by atoms with Gasteiger partial charge in [-0.25, -0.2) is 4.39 Å². The number of rotatable bonds is 4. The third kappa shape index (κ3) is 3.39. The van der Waals surface area contributed by atoms with Gasteiger partial charge in [0.1, 0.15) is 6.61 Å². The van der Waals surface area contributed by atoms with Gasteiger partial charge in [0.2, 0.25) is 0 Å². The number of hydrogen-bond donors (Lipinski definition) is 0. The standard InChI is InChI=1S/C12H16FNOS/c13-11-3-1-2-4-12(11)15-8-5-14-6-9-16-10-7-14/h1-4H,5-10H2. The van der Waals surface area contributed by atoms with Crippen LogP contribution in [0.25, 0.3) is 0 Å². The first-order chi connectivity index (χ1) is 7.86. The molecule has 0 aromatic heterocycles. The molecule has 1 fully saturated rings. The highest BCUT2D eigenvalue weighted by molar-refractivity contribution is 7.99. The molecule has 1 aromatic rings. The predicted octanol–water partition coefficient (Wildman–Crippen LogP) is 2.25.